The van der Waals surface area contributed by atoms with Gasteiger partial charge in [0.25, 0.3) is 0 Å². The van der Waals surface area contributed by atoms with Crippen molar-refractivity contribution in [1.29, 1.82) is 0 Å². The van der Waals surface area contributed by atoms with Crippen molar-refractivity contribution in [2.45, 2.75) is 31.8 Å². The third kappa shape index (κ3) is 3.12. The van der Waals surface area contributed by atoms with E-state index in [1.54, 1.807) is 0 Å². The first-order valence-corrected chi connectivity index (χ1v) is 7.43. The van der Waals surface area contributed by atoms with Gasteiger partial charge in [0, 0.05) is 19.1 Å². The summed E-state index contributed by atoms with van der Waals surface area (Å²) in [6, 6.07) is 8.13. The predicted molar refractivity (Wildman–Crippen MR) is 75.7 cm³/mol. The molecule has 0 radical (unpaired) electrons. The molecular formula is C16H21NO3. The van der Waals surface area contributed by atoms with Gasteiger partial charge in [-0.15, -0.1) is 0 Å². The molecule has 2 aliphatic rings. The Bertz CT molecular complexity index is 469. The van der Waals surface area contributed by atoms with Crippen LogP contribution in [0.2, 0.25) is 0 Å². The summed E-state index contributed by atoms with van der Waals surface area (Å²) in [6.07, 6.45) is 3.74. The van der Waals surface area contributed by atoms with Crippen molar-refractivity contribution in [3.8, 4) is 5.75 Å². The van der Waals surface area contributed by atoms with Gasteiger partial charge >= 0.3 is 0 Å². The first-order chi connectivity index (χ1) is 9.83. The zero-order valence-electron chi connectivity index (χ0n) is 11.6. The molecule has 1 aromatic carbocycles. The number of rotatable bonds is 3. The Morgan fingerprint density at radius 1 is 1.20 bits per heavy atom. The molecule has 4 nitrogen and oxygen atoms in total. The number of fused-ring (bicyclic) bond motifs is 1. The maximum absolute atomic E-state index is 12.1. The Balaban J connectivity index is 1.49. The van der Waals surface area contributed by atoms with E-state index in [4.69, 9.17) is 9.47 Å². The summed E-state index contributed by atoms with van der Waals surface area (Å²) in [4.78, 5) is 12.1. The van der Waals surface area contributed by atoms with Crippen LogP contribution in [-0.2, 0) is 16.0 Å². The quantitative estimate of drug-likeness (QED) is 0.917. The average molecular weight is 275 g/mol. The predicted octanol–water partition coefficient (Wildman–Crippen LogP) is 1.92. The molecule has 0 spiro atoms. The zero-order valence-corrected chi connectivity index (χ0v) is 11.6. The van der Waals surface area contributed by atoms with E-state index < -0.39 is 0 Å². The number of amides is 1. The number of benzene rings is 1. The lowest BCUT2D eigenvalue weighted by Crippen LogP contribution is -2.41. The molecule has 0 aliphatic carbocycles. The van der Waals surface area contributed by atoms with Crippen LogP contribution in [0.4, 0.5) is 0 Å². The molecule has 3 rings (SSSR count). The van der Waals surface area contributed by atoms with Crippen LogP contribution in [0, 0.1) is 5.92 Å². The smallest absolute Gasteiger partial charge is 0.223 e. The van der Waals surface area contributed by atoms with Crippen molar-refractivity contribution in [2.24, 2.45) is 5.92 Å². The molecule has 0 aromatic heterocycles. The molecule has 108 valence electrons. The van der Waals surface area contributed by atoms with Crippen LogP contribution in [0.25, 0.3) is 0 Å². The molecule has 1 amide bonds. The zero-order chi connectivity index (χ0) is 13.8. The highest BCUT2D eigenvalue weighted by Crippen LogP contribution is 2.26. The third-order valence-electron chi connectivity index (χ3n) is 4.10. The number of hydrogen-bond donors (Lipinski definition) is 1. The fraction of sp³-hybridized carbons (Fsp3) is 0.562. The molecule has 2 aliphatic heterocycles. The summed E-state index contributed by atoms with van der Waals surface area (Å²) in [7, 11) is 0. The van der Waals surface area contributed by atoms with E-state index >= 15 is 0 Å². The van der Waals surface area contributed by atoms with Crippen molar-refractivity contribution in [1.82, 2.24) is 5.32 Å². The maximum Gasteiger partial charge on any atom is 0.223 e. The minimum atomic E-state index is 0.0914. The van der Waals surface area contributed by atoms with E-state index in [2.05, 4.69) is 11.4 Å². The highest BCUT2D eigenvalue weighted by atomic mass is 16.5. The van der Waals surface area contributed by atoms with E-state index in [-0.39, 0.29) is 17.9 Å². The molecule has 1 atom stereocenters. The fourth-order valence-electron chi connectivity index (χ4n) is 2.84. The van der Waals surface area contributed by atoms with E-state index in [1.807, 2.05) is 18.2 Å². The second-order valence-corrected chi connectivity index (χ2v) is 5.52. The van der Waals surface area contributed by atoms with Gasteiger partial charge < -0.3 is 14.8 Å². The van der Waals surface area contributed by atoms with E-state index in [0.717, 1.165) is 31.4 Å². The lowest BCUT2D eigenvalue weighted by molar-refractivity contribution is -0.128. The van der Waals surface area contributed by atoms with Crippen LogP contribution >= 0.6 is 0 Å². The molecule has 2 heterocycles. The van der Waals surface area contributed by atoms with E-state index in [9.17, 15) is 4.79 Å². The number of carbonyl (C=O) groups excluding carboxylic acids is 1. The van der Waals surface area contributed by atoms with Gasteiger partial charge in [0.1, 0.15) is 11.9 Å². The number of aryl methyl sites for hydroxylation is 1. The molecule has 0 bridgehead atoms. The average Bonchev–Trinajstić information content (AvgIpc) is 2.53. The van der Waals surface area contributed by atoms with Crippen molar-refractivity contribution < 1.29 is 14.3 Å². The summed E-state index contributed by atoms with van der Waals surface area (Å²) in [5.74, 6) is 1.22. The number of ether oxygens (including phenoxy) is 2. The minimum Gasteiger partial charge on any atom is -0.488 e. The summed E-state index contributed by atoms with van der Waals surface area (Å²) >= 11 is 0. The first kappa shape index (κ1) is 13.4. The third-order valence-corrected chi connectivity index (χ3v) is 4.10. The Kier molecular flexibility index (Phi) is 4.21. The van der Waals surface area contributed by atoms with Gasteiger partial charge in [-0.05, 0) is 37.3 Å². The molecule has 1 N–H and O–H groups in total. The van der Waals surface area contributed by atoms with Crippen LogP contribution < -0.4 is 10.1 Å². The largest absolute Gasteiger partial charge is 0.488 e. The molecule has 1 saturated heterocycles. The van der Waals surface area contributed by atoms with Gasteiger partial charge in [-0.2, -0.15) is 0 Å². The molecule has 1 fully saturated rings. The summed E-state index contributed by atoms with van der Waals surface area (Å²) in [5.41, 5.74) is 1.26. The fourth-order valence-corrected chi connectivity index (χ4v) is 2.84. The number of hydrogen-bond acceptors (Lipinski definition) is 3. The van der Waals surface area contributed by atoms with Crippen LogP contribution in [0.15, 0.2) is 24.3 Å². The SMILES string of the molecule is O=C(NC[C@H]1CCc2ccccc2O1)C1CCOCC1. The van der Waals surface area contributed by atoms with Crippen LogP contribution in [0.5, 0.6) is 5.75 Å². The number of nitrogens with one attached hydrogen (secondary N) is 1. The lowest BCUT2D eigenvalue weighted by Gasteiger charge is -2.27. The normalized spacial score (nSPS) is 22.7. The highest BCUT2D eigenvalue weighted by Gasteiger charge is 2.24. The van der Waals surface area contributed by atoms with Gasteiger partial charge in [-0.25, -0.2) is 0 Å². The molecular weight excluding hydrogens is 254 g/mol. The molecule has 0 saturated carbocycles. The Labute approximate surface area is 119 Å². The van der Waals surface area contributed by atoms with Gasteiger partial charge in [0.15, 0.2) is 0 Å². The van der Waals surface area contributed by atoms with Crippen molar-refractivity contribution in [2.75, 3.05) is 19.8 Å². The Morgan fingerprint density at radius 2 is 2.00 bits per heavy atom. The topological polar surface area (TPSA) is 47.6 Å². The summed E-state index contributed by atoms with van der Waals surface area (Å²) < 4.78 is 11.2. The lowest BCUT2D eigenvalue weighted by atomic mass is 9.99. The number of para-hydroxylation sites is 1. The van der Waals surface area contributed by atoms with Gasteiger partial charge in [-0.1, -0.05) is 18.2 Å². The first-order valence-electron chi connectivity index (χ1n) is 7.43. The van der Waals surface area contributed by atoms with Crippen LogP contribution in [-0.4, -0.2) is 31.8 Å². The molecule has 20 heavy (non-hydrogen) atoms. The second kappa shape index (κ2) is 6.27. The molecule has 0 unspecified atom stereocenters. The van der Waals surface area contributed by atoms with Gasteiger partial charge in [0.05, 0.1) is 6.54 Å². The van der Waals surface area contributed by atoms with Crippen molar-refractivity contribution >= 4 is 5.91 Å². The van der Waals surface area contributed by atoms with Crippen molar-refractivity contribution in [3.05, 3.63) is 29.8 Å². The second-order valence-electron chi connectivity index (χ2n) is 5.52. The van der Waals surface area contributed by atoms with Crippen LogP contribution in [0.3, 0.4) is 0 Å². The summed E-state index contributed by atoms with van der Waals surface area (Å²) in [5, 5.41) is 3.03. The highest BCUT2D eigenvalue weighted by molar-refractivity contribution is 5.78. The van der Waals surface area contributed by atoms with Crippen LogP contribution in [0.1, 0.15) is 24.8 Å². The monoisotopic (exact) mass is 275 g/mol. The standard InChI is InChI=1S/C16H21NO3/c18-16(13-7-9-19-10-8-13)17-11-14-6-5-12-3-1-2-4-15(12)20-14/h1-4,13-14H,5-11H2,(H,17,18)/t14-/m1/s1. The van der Waals surface area contributed by atoms with E-state index in [0.29, 0.717) is 19.8 Å². The Hall–Kier alpha value is -1.55. The minimum absolute atomic E-state index is 0.0914. The molecule has 4 heteroatoms. The van der Waals surface area contributed by atoms with Gasteiger partial charge in [0.2, 0.25) is 5.91 Å². The number of carbonyl (C=O) groups is 1. The van der Waals surface area contributed by atoms with Gasteiger partial charge in [-0.3, -0.25) is 4.79 Å². The Morgan fingerprint density at radius 3 is 2.85 bits per heavy atom. The molecule has 1 aromatic rings. The maximum atomic E-state index is 12.1. The van der Waals surface area contributed by atoms with Crippen molar-refractivity contribution in [3.63, 3.8) is 0 Å². The summed E-state index contributed by atoms with van der Waals surface area (Å²) in [6.45, 7) is 2.00. The van der Waals surface area contributed by atoms with E-state index in [1.165, 1.54) is 5.56 Å².